The normalized spacial score (nSPS) is 18.3. The van der Waals surface area contributed by atoms with Crippen LogP contribution in [-0.2, 0) is 0 Å². The van der Waals surface area contributed by atoms with Crippen LogP contribution in [0, 0.1) is 0 Å². The molecule has 0 aromatic heterocycles. The van der Waals surface area contributed by atoms with E-state index in [9.17, 15) is 0 Å². The van der Waals surface area contributed by atoms with E-state index in [-0.39, 0.29) is 0 Å². The number of ether oxygens (including phenoxy) is 1. The lowest BCUT2D eigenvalue weighted by Gasteiger charge is -2.17. The minimum absolute atomic E-state index is 0.783. The topological polar surface area (TPSA) is 15.5 Å². The van der Waals surface area contributed by atoms with E-state index in [2.05, 4.69) is 29.1 Å². The summed E-state index contributed by atoms with van der Waals surface area (Å²) >= 11 is 4.04. The fourth-order valence-corrected chi connectivity index (χ4v) is 5.62. The predicted molar refractivity (Wildman–Crippen MR) is 126 cm³/mol. The highest BCUT2D eigenvalue weighted by Gasteiger charge is 2.25. The molecule has 0 amide bonds. The lowest BCUT2D eigenvalue weighted by atomic mass is 10.2. The second-order valence-corrected chi connectivity index (χ2v) is 9.40. The minimum Gasteiger partial charge on any atom is -0.494 e. The molecule has 0 radical (unpaired) electrons. The molecular formula is C23H33N2OS2+. The number of unbranched alkanes of at least 4 members (excludes halogenated alkanes) is 2. The second-order valence-electron chi connectivity index (χ2n) is 7.17. The smallest absolute Gasteiger partial charge is 0.237 e. The summed E-state index contributed by atoms with van der Waals surface area (Å²) in [6.07, 6.45) is 9.13. The maximum Gasteiger partial charge on any atom is 0.237 e. The van der Waals surface area contributed by atoms with Gasteiger partial charge in [-0.15, -0.1) is 11.8 Å². The summed E-state index contributed by atoms with van der Waals surface area (Å²) in [7, 11) is 0. The summed E-state index contributed by atoms with van der Waals surface area (Å²) in [4.78, 5) is 2.57. The van der Waals surface area contributed by atoms with Crippen LogP contribution in [0.1, 0.15) is 38.2 Å². The fourth-order valence-electron chi connectivity index (χ4n) is 3.38. The maximum absolute atomic E-state index is 5.87. The Kier molecular flexibility index (Phi) is 8.87. The van der Waals surface area contributed by atoms with Gasteiger partial charge < -0.3 is 9.64 Å². The first kappa shape index (κ1) is 21.4. The summed E-state index contributed by atoms with van der Waals surface area (Å²) in [6, 6.07) is 8.14. The lowest BCUT2D eigenvalue weighted by molar-refractivity contribution is -0.517. The summed E-state index contributed by atoms with van der Waals surface area (Å²) in [5, 5.41) is 2.95. The lowest BCUT2D eigenvalue weighted by Crippen LogP contribution is -2.21. The Morgan fingerprint density at radius 3 is 2.79 bits per heavy atom. The van der Waals surface area contributed by atoms with Crippen molar-refractivity contribution in [2.75, 3.05) is 44.3 Å². The van der Waals surface area contributed by atoms with Crippen molar-refractivity contribution in [3.8, 4) is 5.75 Å². The van der Waals surface area contributed by atoms with Gasteiger partial charge in [0.25, 0.3) is 0 Å². The highest BCUT2D eigenvalue weighted by Crippen LogP contribution is 2.29. The van der Waals surface area contributed by atoms with Gasteiger partial charge in [-0.2, -0.15) is 0 Å². The van der Waals surface area contributed by atoms with Crippen molar-refractivity contribution in [1.29, 1.82) is 0 Å². The van der Waals surface area contributed by atoms with E-state index in [1.807, 2.05) is 53.9 Å². The molecule has 0 bridgehead atoms. The molecule has 1 aromatic rings. The number of nitrogens with zero attached hydrogens (tertiary/aromatic N) is 2. The number of hydrogen-bond donors (Lipinski definition) is 0. The monoisotopic (exact) mass is 417 g/mol. The van der Waals surface area contributed by atoms with Crippen molar-refractivity contribution in [2.45, 2.75) is 32.6 Å². The van der Waals surface area contributed by atoms with Gasteiger partial charge in [-0.1, -0.05) is 49.9 Å². The summed E-state index contributed by atoms with van der Waals surface area (Å²) in [6.45, 7) is 11.6. The second kappa shape index (κ2) is 11.6. The Morgan fingerprint density at radius 2 is 2.00 bits per heavy atom. The van der Waals surface area contributed by atoms with E-state index in [1.54, 1.807) is 0 Å². The largest absolute Gasteiger partial charge is 0.494 e. The third-order valence-corrected chi connectivity index (χ3v) is 7.20. The van der Waals surface area contributed by atoms with Crippen LogP contribution in [0.25, 0.3) is 6.08 Å². The SMILES string of the molecule is C=Cc1ccc(OCCCC[N+]2=C(C=C3SCCN3CCCC)SCC2)cc1. The van der Waals surface area contributed by atoms with Crippen molar-refractivity contribution < 1.29 is 9.31 Å². The van der Waals surface area contributed by atoms with Gasteiger partial charge in [0, 0.05) is 31.3 Å². The molecule has 0 atom stereocenters. The molecule has 5 heteroatoms. The zero-order chi connectivity index (χ0) is 19.6. The van der Waals surface area contributed by atoms with Crippen LogP contribution in [0.15, 0.2) is 41.9 Å². The van der Waals surface area contributed by atoms with E-state index in [0.29, 0.717) is 0 Å². The summed E-state index contributed by atoms with van der Waals surface area (Å²) in [5.41, 5.74) is 1.13. The van der Waals surface area contributed by atoms with Crippen LogP contribution < -0.4 is 4.74 Å². The van der Waals surface area contributed by atoms with Crippen molar-refractivity contribution in [1.82, 2.24) is 4.90 Å². The quantitative estimate of drug-likeness (QED) is 0.357. The first-order valence-electron chi connectivity index (χ1n) is 10.5. The molecule has 152 valence electrons. The summed E-state index contributed by atoms with van der Waals surface area (Å²) < 4.78 is 8.43. The number of hydrogen-bond acceptors (Lipinski definition) is 4. The molecule has 1 saturated heterocycles. The fraction of sp³-hybridized carbons (Fsp3) is 0.522. The van der Waals surface area contributed by atoms with Crippen LogP contribution in [0.2, 0.25) is 0 Å². The van der Waals surface area contributed by atoms with Gasteiger partial charge in [-0.3, -0.25) is 0 Å². The maximum atomic E-state index is 5.87. The van der Waals surface area contributed by atoms with Gasteiger partial charge >= 0.3 is 0 Å². The molecule has 0 N–H and O–H groups in total. The Bertz CT molecular complexity index is 697. The Morgan fingerprint density at radius 1 is 1.14 bits per heavy atom. The van der Waals surface area contributed by atoms with Gasteiger partial charge in [-0.05, 0) is 30.5 Å². The molecule has 1 fully saturated rings. The third kappa shape index (κ3) is 6.35. The van der Waals surface area contributed by atoms with E-state index in [4.69, 9.17) is 4.74 Å². The number of benzene rings is 1. The number of rotatable bonds is 11. The van der Waals surface area contributed by atoms with E-state index in [0.717, 1.165) is 30.9 Å². The standard InChI is InChI=1S/C23H33N2OS2/c1-3-5-12-24-14-17-27-22(24)19-23-25(15-18-28-23)13-6-7-16-26-21-10-8-20(4-2)9-11-21/h4,8-11,19H,2-3,5-7,12-18H2,1H3/q+1. The molecule has 3 rings (SSSR count). The van der Waals surface area contributed by atoms with Gasteiger partial charge in [-0.25, -0.2) is 4.58 Å². The van der Waals surface area contributed by atoms with E-state index in [1.165, 1.54) is 60.5 Å². The van der Waals surface area contributed by atoms with E-state index < -0.39 is 0 Å². The molecule has 2 aliphatic rings. The average Bonchev–Trinajstić information content (AvgIpc) is 3.36. The molecule has 1 aromatic carbocycles. The van der Waals surface area contributed by atoms with Crippen molar-refractivity contribution in [3.05, 3.63) is 47.5 Å². The zero-order valence-electron chi connectivity index (χ0n) is 17.1. The van der Waals surface area contributed by atoms with Gasteiger partial charge in [0.15, 0.2) is 6.54 Å². The van der Waals surface area contributed by atoms with Gasteiger partial charge in [0.05, 0.1) is 17.4 Å². The molecule has 3 nitrogen and oxygen atoms in total. The predicted octanol–water partition coefficient (Wildman–Crippen LogP) is 5.34. The van der Waals surface area contributed by atoms with Crippen molar-refractivity contribution in [2.24, 2.45) is 0 Å². The van der Waals surface area contributed by atoms with Crippen molar-refractivity contribution >= 4 is 34.6 Å². The average molecular weight is 418 g/mol. The number of thioether (sulfide) groups is 2. The van der Waals surface area contributed by atoms with Gasteiger partial charge in [0.1, 0.15) is 12.3 Å². The van der Waals surface area contributed by atoms with Crippen LogP contribution in [-0.4, -0.2) is 58.8 Å². The Labute approximate surface area is 178 Å². The Balaban J connectivity index is 1.44. The molecule has 2 heterocycles. The Hall–Kier alpha value is -1.33. The molecular weight excluding hydrogens is 384 g/mol. The molecule has 0 saturated carbocycles. The van der Waals surface area contributed by atoms with Crippen LogP contribution in [0.3, 0.4) is 0 Å². The van der Waals surface area contributed by atoms with Crippen LogP contribution in [0.4, 0.5) is 0 Å². The highest BCUT2D eigenvalue weighted by atomic mass is 32.2. The first-order valence-corrected chi connectivity index (χ1v) is 12.5. The zero-order valence-corrected chi connectivity index (χ0v) is 18.7. The van der Waals surface area contributed by atoms with Crippen LogP contribution in [0.5, 0.6) is 5.75 Å². The minimum atomic E-state index is 0.783. The molecule has 28 heavy (non-hydrogen) atoms. The molecule has 0 spiro atoms. The van der Waals surface area contributed by atoms with Gasteiger partial charge in [0.2, 0.25) is 5.04 Å². The molecule has 0 aliphatic carbocycles. The molecule has 0 unspecified atom stereocenters. The van der Waals surface area contributed by atoms with Crippen LogP contribution >= 0.6 is 23.5 Å². The van der Waals surface area contributed by atoms with E-state index >= 15 is 0 Å². The highest BCUT2D eigenvalue weighted by molar-refractivity contribution is 8.14. The third-order valence-electron chi connectivity index (χ3n) is 5.08. The first-order chi connectivity index (χ1) is 13.8. The molecule has 2 aliphatic heterocycles. The van der Waals surface area contributed by atoms with Crippen molar-refractivity contribution in [3.63, 3.8) is 0 Å². The summed E-state index contributed by atoms with van der Waals surface area (Å²) in [5.74, 6) is 3.40.